The molecular formula is C12H11N5S. The second-order valence-corrected chi connectivity index (χ2v) is 5.13. The van der Waals surface area contributed by atoms with Crippen LogP contribution in [0.1, 0.15) is 11.1 Å². The van der Waals surface area contributed by atoms with E-state index in [1.807, 2.05) is 12.1 Å². The zero-order valence-electron chi connectivity index (χ0n) is 10.0. The Morgan fingerprint density at radius 3 is 2.83 bits per heavy atom. The minimum absolute atomic E-state index is 0.653. The molecule has 0 radical (unpaired) electrons. The normalized spacial score (nSPS) is 11.0. The zero-order valence-corrected chi connectivity index (χ0v) is 10.8. The van der Waals surface area contributed by atoms with Gasteiger partial charge in [-0.1, -0.05) is 29.5 Å². The average molecular weight is 257 g/mol. The van der Waals surface area contributed by atoms with Crippen LogP contribution >= 0.6 is 11.8 Å². The van der Waals surface area contributed by atoms with Gasteiger partial charge < -0.3 is 0 Å². The minimum atomic E-state index is 0.653. The Bertz CT molecular complexity index is 707. The predicted octanol–water partition coefficient (Wildman–Crippen LogP) is 2.29. The first kappa shape index (κ1) is 11.2. The molecule has 1 aromatic carbocycles. The molecule has 3 rings (SSSR count). The fourth-order valence-corrected chi connectivity index (χ4v) is 2.55. The van der Waals surface area contributed by atoms with Crippen molar-refractivity contribution in [2.75, 3.05) is 0 Å². The van der Waals surface area contributed by atoms with Crippen molar-refractivity contribution in [2.45, 2.75) is 23.8 Å². The van der Waals surface area contributed by atoms with Crippen LogP contribution in [0.2, 0.25) is 0 Å². The molecule has 0 aliphatic heterocycles. The van der Waals surface area contributed by atoms with Crippen LogP contribution in [0.5, 0.6) is 0 Å². The van der Waals surface area contributed by atoms with Crippen molar-refractivity contribution in [3.63, 3.8) is 0 Å². The van der Waals surface area contributed by atoms with E-state index < -0.39 is 0 Å². The molecule has 0 bridgehead atoms. The SMILES string of the molecule is Cc1ccc(Sc2ccc3nnnn3n2)c(C)c1. The molecule has 2 heterocycles. The summed E-state index contributed by atoms with van der Waals surface area (Å²) in [5, 5.41) is 16.4. The Labute approximate surface area is 108 Å². The van der Waals surface area contributed by atoms with Gasteiger partial charge in [0.2, 0.25) is 0 Å². The van der Waals surface area contributed by atoms with E-state index in [-0.39, 0.29) is 0 Å². The number of tetrazole rings is 1. The Balaban J connectivity index is 1.95. The average Bonchev–Trinajstić information content (AvgIpc) is 2.80. The molecule has 5 nitrogen and oxygen atoms in total. The molecule has 0 N–H and O–H groups in total. The van der Waals surface area contributed by atoms with Gasteiger partial charge >= 0.3 is 0 Å². The highest BCUT2D eigenvalue weighted by molar-refractivity contribution is 7.99. The van der Waals surface area contributed by atoms with E-state index in [2.05, 4.69) is 52.7 Å². The van der Waals surface area contributed by atoms with E-state index in [1.54, 1.807) is 11.8 Å². The van der Waals surface area contributed by atoms with Gasteiger partial charge in [0.25, 0.3) is 0 Å². The molecule has 0 atom stereocenters. The number of rotatable bonds is 2. The molecule has 0 aliphatic carbocycles. The number of nitrogens with zero attached hydrogens (tertiary/aromatic N) is 5. The lowest BCUT2D eigenvalue weighted by Gasteiger charge is -2.05. The first-order chi connectivity index (χ1) is 8.72. The summed E-state index contributed by atoms with van der Waals surface area (Å²) in [6.07, 6.45) is 0. The maximum atomic E-state index is 4.34. The maximum Gasteiger partial charge on any atom is 0.200 e. The van der Waals surface area contributed by atoms with Crippen LogP contribution in [-0.4, -0.2) is 25.3 Å². The summed E-state index contributed by atoms with van der Waals surface area (Å²) in [5.74, 6) is 0. The fraction of sp³-hybridized carbons (Fsp3) is 0.167. The van der Waals surface area contributed by atoms with Crippen LogP contribution < -0.4 is 0 Å². The van der Waals surface area contributed by atoms with Crippen molar-refractivity contribution in [2.24, 2.45) is 0 Å². The Kier molecular flexibility index (Phi) is 2.71. The van der Waals surface area contributed by atoms with Crippen molar-refractivity contribution in [1.82, 2.24) is 25.3 Å². The molecule has 0 saturated carbocycles. The molecule has 0 saturated heterocycles. The molecular weight excluding hydrogens is 246 g/mol. The Morgan fingerprint density at radius 1 is 1.11 bits per heavy atom. The number of aromatic nitrogens is 5. The smallest absolute Gasteiger partial charge is 0.140 e. The van der Waals surface area contributed by atoms with Gasteiger partial charge in [-0.05, 0) is 48.0 Å². The van der Waals surface area contributed by atoms with Crippen LogP contribution in [0.3, 0.4) is 0 Å². The third-order valence-corrected chi connectivity index (χ3v) is 3.69. The number of aryl methyl sites for hydroxylation is 2. The van der Waals surface area contributed by atoms with E-state index in [4.69, 9.17) is 0 Å². The lowest BCUT2D eigenvalue weighted by Crippen LogP contribution is -1.95. The second-order valence-electron chi connectivity index (χ2n) is 4.07. The molecule has 0 spiro atoms. The quantitative estimate of drug-likeness (QED) is 0.705. The number of hydrogen-bond donors (Lipinski definition) is 0. The first-order valence-electron chi connectivity index (χ1n) is 5.53. The largest absolute Gasteiger partial charge is 0.200 e. The summed E-state index contributed by atoms with van der Waals surface area (Å²) in [4.78, 5) is 1.19. The van der Waals surface area contributed by atoms with E-state index >= 15 is 0 Å². The van der Waals surface area contributed by atoms with Gasteiger partial charge in [-0.25, -0.2) is 0 Å². The molecule has 90 valence electrons. The van der Waals surface area contributed by atoms with Crippen molar-refractivity contribution < 1.29 is 0 Å². The minimum Gasteiger partial charge on any atom is -0.140 e. The predicted molar refractivity (Wildman–Crippen MR) is 68.6 cm³/mol. The molecule has 18 heavy (non-hydrogen) atoms. The monoisotopic (exact) mass is 257 g/mol. The van der Waals surface area contributed by atoms with E-state index in [0.29, 0.717) is 5.65 Å². The van der Waals surface area contributed by atoms with Gasteiger partial charge in [-0.15, -0.1) is 14.8 Å². The first-order valence-corrected chi connectivity index (χ1v) is 6.34. The van der Waals surface area contributed by atoms with Gasteiger partial charge in [0.1, 0.15) is 5.03 Å². The van der Waals surface area contributed by atoms with Crippen molar-refractivity contribution in [3.05, 3.63) is 41.5 Å². The third kappa shape index (κ3) is 2.06. The summed E-state index contributed by atoms with van der Waals surface area (Å²) in [6.45, 7) is 4.19. The number of fused-ring (bicyclic) bond motifs is 1. The molecule has 0 unspecified atom stereocenters. The fourth-order valence-electron chi connectivity index (χ4n) is 1.71. The van der Waals surface area contributed by atoms with E-state index in [0.717, 1.165) is 5.03 Å². The van der Waals surface area contributed by atoms with Gasteiger partial charge in [0.05, 0.1) is 0 Å². The van der Waals surface area contributed by atoms with Crippen LogP contribution in [-0.2, 0) is 0 Å². The van der Waals surface area contributed by atoms with Crippen molar-refractivity contribution >= 4 is 17.4 Å². The van der Waals surface area contributed by atoms with Crippen LogP contribution in [0, 0.1) is 13.8 Å². The van der Waals surface area contributed by atoms with Gasteiger partial charge in [0.15, 0.2) is 5.65 Å². The third-order valence-electron chi connectivity index (χ3n) is 2.59. The van der Waals surface area contributed by atoms with Gasteiger partial charge in [-0.2, -0.15) is 0 Å². The molecule has 0 aliphatic rings. The highest BCUT2D eigenvalue weighted by Gasteiger charge is 2.05. The molecule has 3 aromatic rings. The van der Waals surface area contributed by atoms with Gasteiger partial charge in [-0.3, -0.25) is 0 Å². The van der Waals surface area contributed by atoms with Crippen LogP contribution in [0.4, 0.5) is 0 Å². The van der Waals surface area contributed by atoms with Crippen LogP contribution in [0.25, 0.3) is 5.65 Å². The topological polar surface area (TPSA) is 56.0 Å². The van der Waals surface area contributed by atoms with Crippen molar-refractivity contribution in [3.8, 4) is 0 Å². The zero-order chi connectivity index (χ0) is 12.5. The highest BCUT2D eigenvalue weighted by atomic mass is 32.2. The Hall–Kier alpha value is -1.95. The lowest BCUT2D eigenvalue weighted by molar-refractivity contribution is 0.702. The Morgan fingerprint density at radius 2 is 2.00 bits per heavy atom. The molecule has 0 fully saturated rings. The van der Waals surface area contributed by atoms with E-state index in [9.17, 15) is 0 Å². The van der Waals surface area contributed by atoms with E-state index in [1.165, 1.54) is 20.7 Å². The number of benzene rings is 1. The number of hydrogen-bond acceptors (Lipinski definition) is 5. The van der Waals surface area contributed by atoms with Crippen LogP contribution in [0.15, 0.2) is 40.3 Å². The summed E-state index contributed by atoms with van der Waals surface area (Å²) in [6, 6.07) is 10.2. The molecule has 6 heteroatoms. The highest BCUT2D eigenvalue weighted by Crippen LogP contribution is 2.29. The summed E-state index contributed by atoms with van der Waals surface area (Å²) < 4.78 is 1.44. The second kappa shape index (κ2) is 4.38. The molecule has 2 aromatic heterocycles. The maximum absolute atomic E-state index is 4.34. The molecule has 0 amide bonds. The summed E-state index contributed by atoms with van der Waals surface area (Å²) >= 11 is 1.61. The van der Waals surface area contributed by atoms with Gasteiger partial charge in [0, 0.05) is 4.90 Å². The lowest BCUT2D eigenvalue weighted by atomic mass is 10.2. The summed E-state index contributed by atoms with van der Waals surface area (Å²) in [5.41, 5.74) is 3.17. The standard InChI is InChI=1S/C12H11N5S/c1-8-3-4-10(9(2)7-8)18-12-6-5-11-13-15-16-17(11)14-12/h3-7H,1-2H3. The summed E-state index contributed by atoms with van der Waals surface area (Å²) in [7, 11) is 0. The van der Waals surface area contributed by atoms with Crippen molar-refractivity contribution in [1.29, 1.82) is 0 Å².